The number of carbonyl (C=O) groups excluding carboxylic acids is 1. The Morgan fingerprint density at radius 2 is 1.58 bits per heavy atom. The zero-order chi connectivity index (χ0) is 26.9. The second kappa shape index (κ2) is 14.2. The smallest absolute Gasteiger partial charge is 0.294 e. The third-order valence-corrected chi connectivity index (χ3v) is 8.95. The maximum atomic E-state index is 13.4. The fraction of sp³-hybridized carbons (Fsp3) is 0.710. The minimum absolute atomic E-state index is 0.138. The highest BCUT2D eigenvalue weighted by Gasteiger charge is 2.34. The third kappa shape index (κ3) is 6.84. The average Bonchev–Trinajstić information content (AvgIpc) is 2.95. The minimum atomic E-state index is -0.165. The summed E-state index contributed by atoms with van der Waals surface area (Å²) < 4.78 is 1.90. The molecular weight excluding hydrogens is 474 g/mol. The molecule has 2 N–H and O–H groups in total. The SMILES string of the molecule is C1CC2CCCC(C1)C2.CC.CNCCN(C=O)c1nc2ccccc2n(C2CC3CCCC(C2)N3)c1=O. The molecule has 2 aromatic rings. The fourth-order valence-electron chi connectivity index (χ4n) is 7.20. The highest BCUT2D eigenvalue weighted by Crippen LogP contribution is 2.39. The van der Waals surface area contributed by atoms with Gasteiger partial charge in [-0.2, -0.15) is 0 Å². The summed E-state index contributed by atoms with van der Waals surface area (Å²) in [4.78, 5) is 31.0. The van der Waals surface area contributed by atoms with Crippen LogP contribution in [0.25, 0.3) is 11.0 Å². The first-order valence-electron chi connectivity index (χ1n) is 15.3. The Bertz CT molecular complexity index is 1050. The molecule has 2 aliphatic heterocycles. The molecule has 1 amide bonds. The third-order valence-electron chi connectivity index (χ3n) is 8.95. The first-order valence-corrected chi connectivity index (χ1v) is 15.3. The summed E-state index contributed by atoms with van der Waals surface area (Å²) >= 11 is 0. The largest absolute Gasteiger partial charge is 0.318 e. The lowest BCUT2D eigenvalue weighted by atomic mass is 9.72. The molecule has 7 nitrogen and oxygen atoms in total. The first kappa shape index (κ1) is 28.8. The molecule has 1 aromatic heterocycles. The Morgan fingerprint density at radius 1 is 0.974 bits per heavy atom. The van der Waals surface area contributed by atoms with E-state index in [9.17, 15) is 9.59 Å². The highest BCUT2D eigenvalue weighted by atomic mass is 16.1. The van der Waals surface area contributed by atoms with Crippen LogP contribution in [0, 0.1) is 11.8 Å². The molecule has 0 radical (unpaired) electrons. The van der Waals surface area contributed by atoms with Gasteiger partial charge in [-0.1, -0.05) is 70.9 Å². The number of hydrogen-bond acceptors (Lipinski definition) is 5. The number of nitrogens with one attached hydrogen (secondary N) is 2. The van der Waals surface area contributed by atoms with Crippen LogP contribution in [-0.2, 0) is 4.79 Å². The van der Waals surface area contributed by atoms with E-state index in [-0.39, 0.29) is 17.4 Å². The van der Waals surface area contributed by atoms with Crippen molar-refractivity contribution in [2.24, 2.45) is 11.8 Å². The van der Waals surface area contributed by atoms with Gasteiger partial charge in [-0.25, -0.2) is 4.98 Å². The van der Waals surface area contributed by atoms with Gasteiger partial charge in [0.05, 0.1) is 11.0 Å². The number of likely N-dealkylation sites (N-methyl/N-ethyl adjacent to an activating group) is 1. The Morgan fingerprint density at radius 3 is 2.16 bits per heavy atom. The van der Waals surface area contributed by atoms with Crippen molar-refractivity contribution in [2.75, 3.05) is 25.0 Å². The molecule has 3 heterocycles. The number of carbonyl (C=O) groups is 1. The van der Waals surface area contributed by atoms with Crippen LogP contribution in [0.4, 0.5) is 5.82 Å². The van der Waals surface area contributed by atoms with Gasteiger partial charge < -0.3 is 15.2 Å². The number of nitrogens with zero attached hydrogens (tertiary/aromatic N) is 3. The molecule has 7 heteroatoms. The van der Waals surface area contributed by atoms with Crippen LogP contribution in [0.2, 0.25) is 0 Å². The van der Waals surface area contributed by atoms with Crippen molar-refractivity contribution in [2.45, 2.75) is 109 Å². The van der Waals surface area contributed by atoms with E-state index >= 15 is 0 Å². The van der Waals surface area contributed by atoms with Gasteiger partial charge in [-0.05, 0) is 63.1 Å². The quantitative estimate of drug-likeness (QED) is 0.494. The standard InChI is InChI=1S/C20H27N5O2.C9H16.C2H6/c1-21-9-10-24(13-26)19-20(27)25(18-8-3-2-7-17(18)23-19)16-11-14-5-4-6-15(12-16)22-14;1-3-8-5-2-6-9(4-1)7-8;1-2/h2-3,7-8,13-16,21-22H,4-6,9-12H2,1H3;8-9H,1-7H2;1-2H3. The molecule has 0 spiro atoms. The number of rotatable bonds is 6. The van der Waals surface area contributed by atoms with Crippen molar-refractivity contribution in [3.05, 3.63) is 34.6 Å². The minimum Gasteiger partial charge on any atom is -0.318 e. The molecule has 2 aliphatic carbocycles. The lowest BCUT2D eigenvalue weighted by Crippen LogP contribution is -2.50. The van der Waals surface area contributed by atoms with E-state index < -0.39 is 0 Å². The molecule has 2 saturated carbocycles. The fourth-order valence-corrected chi connectivity index (χ4v) is 7.20. The molecule has 4 aliphatic rings. The number of amides is 1. The van der Waals surface area contributed by atoms with Gasteiger partial charge in [0.2, 0.25) is 12.2 Å². The van der Waals surface area contributed by atoms with E-state index in [0.29, 0.717) is 31.6 Å². The molecule has 2 atom stereocenters. The summed E-state index contributed by atoms with van der Waals surface area (Å²) in [6.45, 7) is 5.02. The van der Waals surface area contributed by atoms with E-state index in [2.05, 4.69) is 15.6 Å². The van der Waals surface area contributed by atoms with Crippen LogP contribution in [0.15, 0.2) is 29.1 Å². The van der Waals surface area contributed by atoms with E-state index in [1.807, 2.05) is 49.7 Å². The molecule has 6 rings (SSSR count). The van der Waals surface area contributed by atoms with Gasteiger partial charge in [0, 0.05) is 31.2 Å². The van der Waals surface area contributed by atoms with Crippen molar-refractivity contribution in [3.8, 4) is 0 Å². The Balaban J connectivity index is 0.000000254. The van der Waals surface area contributed by atoms with Crippen molar-refractivity contribution >= 4 is 23.3 Å². The summed E-state index contributed by atoms with van der Waals surface area (Å²) in [5.41, 5.74) is 1.45. The average molecular weight is 524 g/mol. The molecule has 38 heavy (non-hydrogen) atoms. The van der Waals surface area contributed by atoms with E-state index in [1.165, 1.54) is 37.0 Å². The normalized spacial score (nSPS) is 27.8. The maximum Gasteiger partial charge on any atom is 0.294 e. The summed E-state index contributed by atoms with van der Waals surface area (Å²) in [7, 11) is 1.82. The molecule has 210 valence electrons. The molecule has 2 saturated heterocycles. The van der Waals surface area contributed by atoms with Gasteiger partial charge in [0.15, 0.2) is 0 Å². The molecule has 1 aromatic carbocycles. The van der Waals surface area contributed by atoms with Crippen LogP contribution in [0.1, 0.15) is 96.9 Å². The predicted octanol–water partition coefficient (Wildman–Crippen LogP) is 5.43. The summed E-state index contributed by atoms with van der Waals surface area (Å²) in [5.74, 6) is 2.53. The van der Waals surface area contributed by atoms with Crippen molar-refractivity contribution < 1.29 is 4.79 Å². The van der Waals surface area contributed by atoms with Gasteiger partial charge in [-0.3, -0.25) is 14.5 Å². The Kier molecular flexibility index (Phi) is 10.8. The Labute approximate surface area is 228 Å². The lowest BCUT2D eigenvalue weighted by molar-refractivity contribution is -0.107. The van der Waals surface area contributed by atoms with E-state index in [0.717, 1.165) is 35.7 Å². The number of fused-ring (bicyclic) bond motifs is 5. The van der Waals surface area contributed by atoms with E-state index in [1.54, 1.807) is 32.1 Å². The monoisotopic (exact) mass is 523 g/mol. The zero-order valence-corrected chi connectivity index (χ0v) is 23.8. The summed E-state index contributed by atoms with van der Waals surface area (Å²) in [6.07, 6.45) is 17.1. The predicted molar refractivity (Wildman–Crippen MR) is 157 cm³/mol. The van der Waals surface area contributed by atoms with Crippen molar-refractivity contribution in [1.82, 2.24) is 20.2 Å². The number of piperidine rings is 2. The topological polar surface area (TPSA) is 79.3 Å². The van der Waals surface area contributed by atoms with Crippen molar-refractivity contribution in [3.63, 3.8) is 0 Å². The van der Waals surface area contributed by atoms with Crippen LogP contribution in [-0.4, -0.2) is 48.2 Å². The lowest BCUT2D eigenvalue weighted by Gasteiger charge is -2.41. The maximum absolute atomic E-state index is 13.4. The molecule has 4 fully saturated rings. The zero-order valence-electron chi connectivity index (χ0n) is 23.8. The summed E-state index contributed by atoms with van der Waals surface area (Å²) in [6, 6.07) is 8.82. The second-order valence-electron chi connectivity index (χ2n) is 11.4. The first-order chi connectivity index (χ1) is 18.7. The second-order valence-corrected chi connectivity index (χ2v) is 11.4. The van der Waals surface area contributed by atoms with Gasteiger partial charge in [-0.15, -0.1) is 0 Å². The number of aromatic nitrogens is 2. The number of para-hydroxylation sites is 2. The number of anilines is 1. The van der Waals surface area contributed by atoms with Gasteiger partial charge in [0.25, 0.3) is 5.56 Å². The molecule has 2 unspecified atom stereocenters. The number of benzene rings is 1. The molecule has 4 bridgehead atoms. The number of hydrogen-bond donors (Lipinski definition) is 2. The molecular formula is C31H49N5O2. The van der Waals surface area contributed by atoms with E-state index in [4.69, 9.17) is 0 Å². The van der Waals surface area contributed by atoms with Gasteiger partial charge >= 0.3 is 0 Å². The summed E-state index contributed by atoms with van der Waals surface area (Å²) in [5, 5.41) is 6.71. The van der Waals surface area contributed by atoms with Crippen LogP contribution < -0.4 is 21.1 Å². The Hall–Kier alpha value is -2.25. The van der Waals surface area contributed by atoms with Crippen LogP contribution >= 0.6 is 0 Å². The van der Waals surface area contributed by atoms with Crippen molar-refractivity contribution in [1.29, 1.82) is 0 Å². The van der Waals surface area contributed by atoms with Gasteiger partial charge in [0.1, 0.15) is 0 Å². The highest BCUT2D eigenvalue weighted by molar-refractivity contribution is 5.80. The van der Waals surface area contributed by atoms with Crippen LogP contribution in [0.3, 0.4) is 0 Å². The van der Waals surface area contributed by atoms with Crippen LogP contribution in [0.5, 0.6) is 0 Å².